The summed E-state index contributed by atoms with van der Waals surface area (Å²) in [4.78, 5) is 60.6. The van der Waals surface area contributed by atoms with E-state index < -0.39 is 54.2 Å². The van der Waals surface area contributed by atoms with Crippen molar-refractivity contribution in [3.05, 3.63) is 71.8 Å². The number of amides is 3. The van der Waals surface area contributed by atoms with Gasteiger partial charge in [-0.2, -0.15) is 0 Å². The number of nitrogens with one attached hydrogen (secondary N) is 3. The van der Waals surface area contributed by atoms with E-state index in [1.807, 2.05) is 0 Å². The Morgan fingerprint density at radius 1 is 0.694 bits per heavy atom. The summed E-state index contributed by atoms with van der Waals surface area (Å²) >= 11 is 0. The normalized spacial score (nSPS) is 13.0. The second-order valence-electron chi connectivity index (χ2n) is 8.10. The van der Waals surface area contributed by atoms with Gasteiger partial charge in [0.2, 0.25) is 17.7 Å². The number of hydrogen-bond acceptors (Lipinski definition) is 6. The van der Waals surface area contributed by atoms with Crippen LogP contribution in [0.15, 0.2) is 60.7 Å². The molecule has 0 aromatic heterocycles. The average molecular weight is 499 g/mol. The maximum Gasteiger partial charge on any atom is 0.326 e. The molecular formula is C25H30N4O7. The molecule has 0 saturated carbocycles. The van der Waals surface area contributed by atoms with Gasteiger partial charge in [-0.25, -0.2) is 4.79 Å². The third kappa shape index (κ3) is 9.55. The second-order valence-corrected chi connectivity index (χ2v) is 8.10. The van der Waals surface area contributed by atoms with Crippen molar-refractivity contribution in [2.45, 2.75) is 43.8 Å². The van der Waals surface area contributed by atoms with Crippen molar-refractivity contribution in [2.75, 3.05) is 6.54 Å². The number of benzene rings is 2. The quantitative estimate of drug-likeness (QED) is 0.207. The first-order chi connectivity index (χ1) is 17.2. The van der Waals surface area contributed by atoms with E-state index in [1.54, 1.807) is 60.7 Å². The van der Waals surface area contributed by atoms with Gasteiger partial charge in [0.1, 0.15) is 18.1 Å². The van der Waals surface area contributed by atoms with Gasteiger partial charge in [-0.05, 0) is 17.5 Å². The molecule has 2 aromatic carbocycles. The summed E-state index contributed by atoms with van der Waals surface area (Å²) in [5, 5.41) is 25.8. The largest absolute Gasteiger partial charge is 0.481 e. The van der Waals surface area contributed by atoms with Crippen molar-refractivity contribution < 1.29 is 34.2 Å². The summed E-state index contributed by atoms with van der Waals surface area (Å²) in [5.74, 6) is -4.62. The molecule has 7 N–H and O–H groups in total. The highest BCUT2D eigenvalue weighted by Gasteiger charge is 2.30. The molecule has 0 saturated heterocycles. The highest BCUT2D eigenvalue weighted by molar-refractivity contribution is 5.94. The Balaban J connectivity index is 2.24. The van der Waals surface area contributed by atoms with Crippen molar-refractivity contribution in [3.8, 4) is 0 Å². The number of carbonyl (C=O) groups excluding carboxylic acids is 3. The van der Waals surface area contributed by atoms with Crippen LogP contribution >= 0.6 is 0 Å². The molecule has 0 unspecified atom stereocenters. The molecule has 0 aliphatic rings. The van der Waals surface area contributed by atoms with Crippen molar-refractivity contribution in [2.24, 2.45) is 5.73 Å². The monoisotopic (exact) mass is 498 g/mol. The molecule has 36 heavy (non-hydrogen) atoms. The van der Waals surface area contributed by atoms with Crippen LogP contribution in [-0.4, -0.2) is 64.5 Å². The number of hydrogen-bond donors (Lipinski definition) is 6. The van der Waals surface area contributed by atoms with Crippen LogP contribution < -0.4 is 21.7 Å². The molecule has 3 atom stereocenters. The van der Waals surface area contributed by atoms with E-state index in [-0.39, 0.29) is 25.8 Å². The lowest BCUT2D eigenvalue weighted by Gasteiger charge is -2.24. The predicted molar refractivity (Wildman–Crippen MR) is 130 cm³/mol. The van der Waals surface area contributed by atoms with Gasteiger partial charge in [0.05, 0.1) is 6.54 Å². The van der Waals surface area contributed by atoms with Gasteiger partial charge >= 0.3 is 11.9 Å². The van der Waals surface area contributed by atoms with Gasteiger partial charge in [0.25, 0.3) is 0 Å². The molecule has 11 heteroatoms. The Bertz CT molecular complexity index is 1050. The van der Waals surface area contributed by atoms with Gasteiger partial charge in [-0.3, -0.25) is 19.2 Å². The number of carboxylic acid groups (broad SMARTS) is 2. The maximum atomic E-state index is 13.2. The van der Waals surface area contributed by atoms with E-state index in [1.165, 1.54) is 0 Å². The molecule has 2 rings (SSSR count). The van der Waals surface area contributed by atoms with Crippen LogP contribution in [0.1, 0.15) is 24.0 Å². The van der Waals surface area contributed by atoms with Gasteiger partial charge in [-0.1, -0.05) is 60.7 Å². The molecule has 0 aliphatic carbocycles. The zero-order valence-electron chi connectivity index (χ0n) is 19.6. The van der Waals surface area contributed by atoms with Crippen molar-refractivity contribution in [3.63, 3.8) is 0 Å². The number of carbonyl (C=O) groups is 5. The molecule has 2 aromatic rings. The summed E-state index contributed by atoms with van der Waals surface area (Å²) in [6, 6.07) is 14.0. The maximum absolute atomic E-state index is 13.2. The molecule has 192 valence electrons. The van der Waals surface area contributed by atoms with Gasteiger partial charge < -0.3 is 31.9 Å². The topological polar surface area (TPSA) is 188 Å². The fraction of sp³-hybridized carbons (Fsp3) is 0.320. The van der Waals surface area contributed by atoms with Crippen LogP contribution in [0, 0.1) is 0 Å². The summed E-state index contributed by atoms with van der Waals surface area (Å²) < 4.78 is 0. The third-order valence-corrected chi connectivity index (χ3v) is 5.30. The predicted octanol–water partition coefficient (Wildman–Crippen LogP) is -0.166. The van der Waals surface area contributed by atoms with Gasteiger partial charge in [0, 0.05) is 19.3 Å². The van der Waals surface area contributed by atoms with Gasteiger partial charge in [0.15, 0.2) is 0 Å². The molecule has 11 nitrogen and oxygen atoms in total. The minimum Gasteiger partial charge on any atom is -0.481 e. The molecular weight excluding hydrogens is 468 g/mol. The smallest absolute Gasteiger partial charge is 0.326 e. The summed E-state index contributed by atoms with van der Waals surface area (Å²) in [6.07, 6.45) is -0.621. The van der Waals surface area contributed by atoms with Crippen molar-refractivity contribution in [1.82, 2.24) is 16.0 Å². The van der Waals surface area contributed by atoms with Crippen LogP contribution in [0.5, 0.6) is 0 Å². The lowest BCUT2D eigenvalue weighted by atomic mass is 10.0. The first-order valence-electron chi connectivity index (χ1n) is 11.3. The van der Waals surface area contributed by atoms with Crippen LogP contribution in [0.25, 0.3) is 0 Å². The van der Waals surface area contributed by atoms with Crippen LogP contribution in [-0.2, 0) is 36.8 Å². The Kier molecular flexibility index (Phi) is 11.1. The summed E-state index contributed by atoms with van der Waals surface area (Å²) in [5.41, 5.74) is 6.85. The van der Waals surface area contributed by atoms with Crippen molar-refractivity contribution >= 4 is 29.7 Å². The highest BCUT2D eigenvalue weighted by Crippen LogP contribution is 2.08. The molecule has 0 bridgehead atoms. The van der Waals surface area contributed by atoms with E-state index in [4.69, 9.17) is 10.8 Å². The van der Waals surface area contributed by atoms with E-state index in [0.717, 1.165) is 5.56 Å². The number of nitrogens with two attached hydrogens (primary N) is 1. The molecule has 0 aliphatic heterocycles. The number of carboxylic acids is 2. The summed E-state index contributed by atoms with van der Waals surface area (Å²) in [7, 11) is 0. The molecule has 0 radical (unpaired) electrons. The summed E-state index contributed by atoms with van der Waals surface area (Å²) in [6.45, 7) is -0.337. The number of rotatable bonds is 14. The third-order valence-electron chi connectivity index (χ3n) is 5.30. The second kappa shape index (κ2) is 14.2. The standard InChI is InChI=1S/C25H30N4O7/c26-15-21(30)27-19(13-16-7-3-1-4-8-16)23(33)29-20(14-17-9-5-2-6-10-17)24(34)28-18(25(35)36)11-12-22(31)32/h1-10,18-20H,11-15,26H2,(H,27,30)(H,28,34)(H,29,33)(H,31,32)(H,35,36)/t18-,19-,20-/m0/s1. The van der Waals surface area contributed by atoms with Crippen LogP contribution in [0.2, 0.25) is 0 Å². The Morgan fingerprint density at radius 3 is 1.56 bits per heavy atom. The van der Waals surface area contributed by atoms with Crippen LogP contribution in [0.3, 0.4) is 0 Å². The number of aliphatic carboxylic acids is 2. The Hall–Kier alpha value is -4.25. The molecule has 0 spiro atoms. The SMILES string of the molecule is NCC(=O)N[C@@H](Cc1ccccc1)C(=O)N[C@@H](Cc1ccccc1)C(=O)N[C@@H](CCC(=O)O)C(=O)O. The van der Waals surface area contributed by atoms with E-state index in [0.29, 0.717) is 5.56 Å². The first kappa shape index (κ1) is 28.0. The average Bonchev–Trinajstić information content (AvgIpc) is 2.86. The zero-order chi connectivity index (χ0) is 26.5. The lowest BCUT2D eigenvalue weighted by molar-refractivity contribution is -0.143. The first-order valence-corrected chi connectivity index (χ1v) is 11.3. The fourth-order valence-corrected chi connectivity index (χ4v) is 3.44. The van der Waals surface area contributed by atoms with Crippen LogP contribution in [0.4, 0.5) is 0 Å². The zero-order valence-corrected chi connectivity index (χ0v) is 19.6. The lowest BCUT2D eigenvalue weighted by Crippen LogP contribution is -2.57. The molecule has 3 amide bonds. The Labute approximate surface area is 208 Å². The van der Waals surface area contributed by atoms with Gasteiger partial charge in [-0.15, -0.1) is 0 Å². The Morgan fingerprint density at radius 2 is 1.14 bits per heavy atom. The molecule has 0 fully saturated rings. The fourth-order valence-electron chi connectivity index (χ4n) is 3.44. The molecule has 0 heterocycles. The van der Waals surface area contributed by atoms with E-state index >= 15 is 0 Å². The van der Waals surface area contributed by atoms with E-state index in [2.05, 4.69) is 16.0 Å². The van der Waals surface area contributed by atoms with E-state index in [9.17, 15) is 29.1 Å². The minimum absolute atomic E-state index is 0.0343. The van der Waals surface area contributed by atoms with Crippen molar-refractivity contribution in [1.29, 1.82) is 0 Å². The minimum atomic E-state index is -1.46. The highest BCUT2D eigenvalue weighted by atomic mass is 16.4.